The van der Waals surface area contributed by atoms with Crippen LogP contribution in [0.25, 0.3) is 0 Å². The van der Waals surface area contributed by atoms with Gasteiger partial charge in [0.05, 0.1) is 21.2 Å². The molecule has 2 amide bonds. The van der Waals surface area contributed by atoms with E-state index in [1.807, 2.05) is 30.3 Å². The van der Waals surface area contributed by atoms with E-state index in [1.165, 1.54) is 40.6 Å². The fourth-order valence-corrected chi connectivity index (χ4v) is 8.05. The summed E-state index contributed by atoms with van der Waals surface area (Å²) in [6.07, 6.45) is 0.396. The Morgan fingerprint density at radius 3 is 2.49 bits per heavy atom. The van der Waals surface area contributed by atoms with Crippen LogP contribution in [0.1, 0.15) is 30.9 Å². The van der Waals surface area contributed by atoms with E-state index in [-0.39, 0.29) is 30.1 Å². The molecule has 0 aromatic heterocycles. The van der Waals surface area contributed by atoms with Gasteiger partial charge in [-0.25, -0.2) is 4.79 Å². The Morgan fingerprint density at radius 1 is 1.18 bits per heavy atom. The molecule has 39 heavy (non-hydrogen) atoms. The molecule has 2 aromatic rings. The quantitative estimate of drug-likeness (QED) is 0.186. The number of carboxylic acids is 1. The van der Waals surface area contributed by atoms with Gasteiger partial charge < -0.3 is 15.5 Å². The summed E-state index contributed by atoms with van der Waals surface area (Å²) in [5.74, 6) is -2.41. The third-order valence-electron chi connectivity index (χ3n) is 6.79. The Labute approximate surface area is 234 Å². The van der Waals surface area contributed by atoms with Crippen LogP contribution in [0, 0.1) is 16.0 Å². The van der Waals surface area contributed by atoms with Gasteiger partial charge in [-0.05, 0) is 24.0 Å². The number of thioether (sulfide) groups is 2. The van der Waals surface area contributed by atoms with Gasteiger partial charge in [0.1, 0.15) is 4.87 Å². The summed E-state index contributed by atoms with van der Waals surface area (Å²) in [6, 6.07) is 15.7. The van der Waals surface area contributed by atoms with Crippen LogP contribution in [0.15, 0.2) is 64.5 Å². The summed E-state index contributed by atoms with van der Waals surface area (Å²) in [7, 11) is 0. The Balaban J connectivity index is 1.46. The van der Waals surface area contributed by atoms with Crippen molar-refractivity contribution in [1.29, 1.82) is 0 Å². The van der Waals surface area contributed by atoms with Crippen molar-refractivity contribution >= 4 is 47.0 Å². The van der Waals surface area contributed by atoms with Crippen LogP contribution in [0.2, 0.25) is 0 Å². The lowest BCUT2D eigenvalue weighted by atomic mass is 9.77. The zero-order chi connectivity index (χ0) is 28.2. The number of nitro benzene ring substituents is 1. The number of carbonyl (C=O) groups excluding carboxylic acids is 2. The van der Waals surface area contributed by atoms with Crippen molar-refractivity contribution in [2.24, 2.45) is 5.92 Å². The summed E-state index contributed by atoms with van der Waals surface area (Å²) in [5.41, 5.74) is 1.56. The summed E-state index contributed by atoms with van der Waals surface area (Å²) in [4.78, 5) is 48.5. The minimum absolute atomic E-state index is 0.0790. The Bertz CT molecular complexity index is 1290. The Hall–Kier alpha value is -3.35. The molecule has 0 radical (unpaired) electrons. The maximum absolute atomic E-state index is 13.2. The number of rotatable bonds is 13. The van der Waals surface area contributed by atoms with Crippen LogP contribution in [-0.4, -0.2) is 61.1 Å². The first-order valence-corrected chi connectivity index (χ1v) is 14.3. The van der Waals surface area contributed by atoms with E-state index in [9.17, 15) is 34.7 Å². The normalized spacial score (nSPS) is 20.8. The molecule has 0 aliphatic carbocycles. The number of nitro groups is 1. The number of hydrogen-bond donors (Lipinski definition) is 3. The van der Waals surface area contributed by atoms with Crippen LogP contribution in [-0.2, 0) is 27.2 Å². The van der Waals surface area contributed by atoms with E-state index in [0.29, 0.717) is 34.9 Å². The summed E-state index contributed by atoms with van der Waals surface area (Å²) < 4.78 is 0.403. The number of carboxylic acid groups (broad SMARTS) is 1. The van der Waals surface area contributed by atoms with Crippen LogP contribution >= 0.6 is 23.5 Å². The van der Waals surface area contributed by atoms with Crippen LogP contribution < -0.4 is 5.32 Å². The van der Waals surface area contributed by atoms with Crippen molar-refractivity contribution in [2.75, 3.05) is 12.3 Å². The van der Waals surface area contributed by atoms with E-state index in [4.69, 9.17) is 0 Å². The number of carbonyl (C=O) groups is 3. The van der Waals surface area contributed by atoms with Gasteiger partial charge in [0.25, 0.3) is 5.69 Å². The number of aliphatic carboxylic acids is 1. The highest BCUT2D eigenvalue weighted by atomic mass is 32.2. The first kappa shape index (κ1) is 28.7. The second-order valence-electron chi connectivity index (χ2n) is 9.30. The molecule has 3 N–H and O–H groups in total. The zero-order valence-corrected chi connectivity index (χ0v) is 22.9. The van der Waals surface area contributed by atoms with Crippen molar-refractivity contribution in [2.45, 2.75) is 43.6 Å². The number of benzene rings is 2. The van der Waals surface area contributed by atoms with Gasteiger partial charge in [-0.3, -0.25) is 24.6 Å². The van der Waals surface area contributed by atoms with Crippen LogP contribution in [0.4, 0.5) is 5.69 Å². The number of β-lactam (4-membered cyclic amide) rings is 1. The molecule has 1 saturated heterocycles. The number of aliphatic hydroxyl groups excluding tert-OH is 1. The zero-order valence-electron chi connectivity index (χ0n) is 21.2. The van der Waals surface area contributed by atoms with Gasteiger partial charge in [-0.2, -0.15) is 0 Å². The van der Waals surface area contributed by atoms with E-state index in [2.05, 4.69) is 5.32 Å². The molecule has 2 aromatic carbocycles. The lowest BCUT2D eigenvalue weighted by molar-refractivity contribution is -0.384. The molecule has 1 fully saturated rings. The van der Waals surface area contributed by atoms with Crippen LogP contribution in [0.5, 0.6) is 0 Å². The molecule has 2 aliphatic heterocycles. The summed E-state index contributed by atoms with van der Waals surface area (Å²) in [5, 5.41) is 34.6. The third-order valence-corrected chi connectivity index (χ3v) is 9.57. The predicted molar refractivity (Wildman–Crippen MR) is 149 cm³/mol. The number of fused-ring (bicyclic) bond motifs is 1. The topological polar surface area (TPSA) is 150 Å². The van der Waals surface area contributed by atoms with E-state index < -0.39 is 33.7 Å². The largest absolute Gasteiger partial charge is 0.477 e. The van der Waals surface area contributed by atoms with Crippen molar-refractivity contribution in [3.63, 3.8) is 0 Å². The van der Waals surface area contributed by atoms with E-state index in [0.717, 1.165) is 5.56 Å². The highest BCUT2D eigenvalue weighted by Crippen LogP contribution is 2.62. The first-order valence-electron chi connectivity index (χ1n) is 12.5. The second kappa shape index (κ2) is 12.2. The lowest BCUT2D eigenvalue weighted by Gasteiger charge is -2.54. The van der Waals surface area contributed by atoms with Gasteiger partial charge >= 0.3 is 5.97 Å². The molecule has 0 spiro atoms. The maximum Gasteiger partial charge on any atom is 0.354 e. The van der Waals surface area contributed by atoms with Gasteiger partial charge in [0.2, 0.25) is 11.8 Å². The maximum atomic E-state index is 13.2. The molecule has 206 valence electrons. The average molecular weight is 572 g/mol. The molecule has 10 nitrogen and oxygen atoms in total. The number of nitrogens with zero attached hydrogens (tertiary/aromatic N) is 2. The first-order chi connectivity index (χ1) is 18.7. The van der Waals surface area contributed by atoms with Crippen molar-refractivity contribution in [3.8, 4) is 0 Å². The van der Waals surface area contributed by atoms with Crippen molar-refractivity contribution < 1.29 is 29.5 Å². The van der Waals surface area contributed by atoms with Gasteiger partial charge in [-0.15, -0.1) is 11.8 Å². The van der Waals surface area contributed by atoms with E-state index >= 15 is 0 Å². The predicted octanol–water partition coefficient (Wildman–Crippen LogP) is 3.55. The Morgan fingerprint density at radius 2 is 1.87 bits per heavy atom. The standard InChI is InChI=1S/C27H29N3O7S2/c1-2-20(31)22-24(33)29-23(25(34)35)26(38-15-13-21(32)28-14-12-17-6-4-3-5-7-17)39-27(22,29)16-18-8-10-19(11-9-18)30(36)37/h3-11,20,22,31H,2,12-16H2,1H3,(H,28,32)(H,34,35)/t20-,22+,27+/m0/s1. The van der Waals surface area contributed by atoms with Gasteiger partial charge in [0.15, 0.2) is 5.70 Å². The summed E-state index contributed by atoms with van der Waals surface area (Å²) in [6.45, 7) is 2.24. The molecule has 0 bridgehead atoms. The molecule has 2 aliphatic rings. The molecule has 2 heterocycles. The Kier molecular flexibility index (Phi) is 8.98. The van der Waals surface area contributed by atoms with Gasteiger partial charge in [0, 0.05) is 37.3 Å². The summed E-state index contributed by atoms with van der Waals surface area (Å²) >= 11 is 2.41. The van der Waals surface area contributed by atoms with Gasteiger partial charge in [-0.1, -0.05) is 61.2 Å². The number of non-ortho nitro benzene ring substituents is 1. The number of aliphatic hydroxyl groups is 1. The molecule has 4 rings (SSSR count). The number of nitrogens with one attached hydrogen (secondary N) is 1. The van der Waals surface area contributed by atoms with Crippen molar-refractivity contribution in [3.05, 3.63) is 85.8 Å². The molecule has 0 unspecified atom stereocenters. The molecular formula is C27H29N3O7S2. The number of amides is 2. The second-order valence-corrected chi connectivity index (χ2v) is 12.0. The highest BCUT2D eigenvalue weighted by Gasteiger charge is 2.68. The molecular weight excluding hydrogens is 542 g/mol. The minimum Gasteiger partial charge on any atom is -0.477 e. The van der Waals surface area contributed by atoms with Crippen molar-refractivity contribution in [1.82, 2.24) is 10.2 Å². The smallest absolute Gasteiger partial charge is 0.354 e. The molecule has 3 atom stereocenters. The van der Waals surface area contributed by atoms with E-state index in [1.54, 1.807) is 19.1 Å². The monoisotopic (exact) mass is 571 g/mol. The molecule has 12 heteroatoms. The lowest BCUT2D eigenvalue weighted by Crippen LogP contribution is -2.71. The minimum atomic E-state index is -1.26. The average Bonchev–Trinajstić information content (AvgIpc) is 3.19. The number of hydrogen-bond acceptors (Lipinski definition) is 8. The third kappa shape index (κ3) is 5.97. The fourth-order valence-electron chi connectivity index (χ4n) is 4.85. The fraction of sp³-hybridized carbons (Fsp3) is 0.370. The SMILES string of the molecule is CC[C@H](O)[C@@H]1C(=O)N2C(C(=O)O)=C(SCCC(=O)NCCc3ccccc3)S[C@]12Cc1ccc([N+](=O)[O-])cc1. The highest BCUT2D eigenvalue weighted by molar-refractivity contribution is 8.23. The molecule has 0 saturated carbocycles. The van der Waals surface area contributed by atoms with Crippen LogP contribution in [0.3, 0.4) is 0 Å².